The molecule has 2 aromatic carbocycles. The largest absolute Gasteiger partial charge is 0.489 e. The number of carbonyl (C=O) groups is 2. The fraction of sp³-hybridized carbons (Fsp3) is 0.176. The summed E-state index contributed by atoms with van der Waals surface area (Å²) in [5.41, 5.74) is 1.96. The highest BCUT2D eigenvalue weighted by atomic mass is 35.5. The molecular formula is C17H16ClNO4. The Labute approximate surface area is 138 Å². The average Bonchev–Trinajstić information content (AvgIpc) is 2.44. The van der Waals surface area contributed by atoms with Crippen molar-refractivity contribution in [3.63, 3.8) is 0 Å². The van der Waals surface area contributed by atoms with Crippen molar-refractivity contribution in [2.45, 2.75) is 20.0 Å². The molecule has 2 rings (SSSR count). The number of ether oxygens (including phenoxy) is 1. The van der Waals surface area contributed by atoms with E-state index in [9.17, 15) is 9.59 Å². The number of para-hydroxylation sites is 1. The molecule has 2 aromatic rings. The van der Waals surface area contributed by atoms with Gasteiger partial charge in [-0.15, -0.1) is 0 Å². The van der Waals surface area contributed by atoms with Gasteiger partial charge in [-0.25, -0.2) is 0 Å². The Morgan fingerprint density at radius 2 is 1.96 bits per heavy atom. The van der Waals surface area contributed by atoms with E-state index in [1.807, 2.05) is 0 Å². The number of hydrogen-bond donors (Lipinski definition) is 2. The van der Waals surface area contributed by atoms with E-state index >= 15 is 0 Å². The fourth-order valence-corrected chi connectivity index (χ4v) is 2.38. The summed E-state index contributed by atoms with van der Waals surface area (Å²) in [7, 11) is 0. The van der Waals surface area contributed by atoms with Gasteiger partial charge >= 0.3 is 5.97 Å². The number of benzene rings is 2. The van der Waals surface area contributed by atoms with Crippen LogP contribution in [0.15, 0.2) is 42.5 Å². The maximum absolute atomic E-state index is 11.1. The Kier molecular flexibility index (Phi) is 5.60. The van der Waals surface area contributed by atoms with Crippen molar-refractivity contribution in [3.05, 3.63) is 58.6 Å². The molecule has 0 aliphatic carbocycles. The average molecular weight is 334 g/mol. The lowest BCUT2D eigenvalue weighted by Crippen LogP contribution is -2.07. The molecule has 0 heterocycles. The molecule has 5 nitrogen and oxygen atoms in total. The number of nitrogens with one attached hydrogen (secondary N) is 1. The Hall–Kier alpha value is -2.53. The van der Waals surface area contributed by atoms with Crippen molar-refractivity contribution in [1.29, 1.82) is 0 Å². The van der Waals surface area contributed by atoms with Gasteiger partial charge < -0.3 is 15.2 Å². The van der Waals surface area contributed by atoms with E-state index in [4.69, 9.17) is 21.4 Å². The molecule has 0 aromatic heterocycles. The van der Waals surface area contributed by atoms with E-state index in [1.165, 1.54) is 6.92 Å². The van der Waals surface area contributed by atoms with Gasteiger partial charge in [0.1, 0.15) is 12.4 Å². The summed E-state index contributed by atoms with van der Waals surface area (Å²) in [5, 5.41) is 12.1. The van der Waals surface area contributed by atoms with Crippen LogP contribution in [0.2, 0.25) is 5.02 Å². The van der Waals surface area contributed by atoms with Crippen molar-refractivity contribution < 1.29 is 19.4 Å². The molecule has 0 bridgehead atoms. The quantitative estimate of drug-likeness (QED) is 0.848. The maximum Gasteiger partial charge on any atom is 0.307 e. The van der Waals surface area contributed by atoms with Crippen molar-refractivity contribution in [2.24, 2.45) is 0 Å². The summed E-state index contributed by atoms with van der Waals surface area (Å²) in [4.78, 5) is 22.0. The van der Waals surface area contributed by atoms with Gasteiger partial charge in [-0.1, -0.05) is 29.8 Å². The van der Waals surface area contributed by atoms with Gasteiger partial charge in [0.15, 0.2) is 0 Å². The number of anilines is 1. The van der Waals surface area contributed by atoms with E-state index in [0.717, 1.165) is 5.56 Å². The standard InChI is InChI=1S/C17H16ClNO4/c1-11(20)19-15-7-12(6-14(18)9-15)10-23-16-5-3-2-4-13(16)8-17(21)22/h2-7,9H,8,10H2,1H3,(H,19,20)(H,21,22). The molecule has 0 atom stereocenters. The fourth-order valence-electron chi connectivity index (χ4n) is 2.12. The number of hydrogen-bond acceptors (Lipinski definition) is 3. The number of amides is 1. The summed E-state index contributed by atoms with van der Waals surface area (Å²) < 4.78 is 5.70. The minimum Gasteiger partial charge on any atom is -0.489 e. The summed E-state index contributed by atoms with van der Waals surface area (Å²) in [5.74, 6) is -0.598. The van der Waals surface area contributed by atoms with Gasteiger partial charge in [-0.05, 0) is 29.8 Å². The lowest BCUT2D eigenvalue weighted by molar-refractivity contribution is -0.136. The third kappa shape index (κ3) is 5.30. The molecule has 0 aliphatic heterocycles. The van der Waals surface area contributed by atoms with Crippen molar-refractivity contribution in [1.82, 2.24) is 0 Å². The van der Waals surface area contributed by atoms with Gasteiger partial charge in [-0.2, -0.15) is 0 Å². The SMILES string of the molecule is CC(=O)Nc1cc(Cl)cc(COc2ccccc2CC(=O)O)c1. The minimum atomic E-state index is -0.920. The molecule has 0 unspecified atom stereocenters. The number of halogens is 1. The zero-order valence-corrected chi connectivity index (χ0v) is 13.3. The smallest absolute Gasteiger partial charge is 0.307 e. The highest BCUT2D eigenvalue weighted by Crippen LogP contribution is 2.23. The van der Waals surface area contributed by atoms with E-state index in [-0.39, 0.29) is 18.9 Å². The molecule has 23 heavy (non-hydrogen) atoms. The Balaban J connectivity index is 2.13. The second-order valence-corrected chi connectivity index (χ2v) is 5.43. The monoisotopic (exact) mass is 333 g/mol. The first-order chi connectivity index (χ1) is 10.9. The normalized spacial score (nSPS) is 10.2. The molecule has 0 spiro atoms. The third-order valence-corrected chi connectivity index (χ3v) is 3.20. The number of rotatable bonds is 6. The van der Waals surface area contributed by atoms with Gasteiger partial charge in [0, 0.05) is 23.2 Å². The molecule has 2 N–H and O–H groups in total. The predicted molar refractivity (Wildman–Crippen MR) is 87.9 cm³/mol. The first kappa shape index (κ1) is 16.8. The maximum atomic E-state index is 11.1. The molecule has 0 saturated carbocycles. The van der Waals surface area contributed by atoms with Crippen LogP contribution in [-0.2, 0) is 22.6 Å². The van der Waals surface area contributed by atoms with Crippen molar-refractivity contribution in [2.75, 3.05) is 5.32 Å². The van der Waals surface area contributed by atoms with E-state index in [0.29, 0.717) is 22.0 Å². The van der Waals surface area contributed by atoms with Crippen LogP contribution in [0.3, 0.4) is 0 Å². The molecule has 6 heteroatoms. The summed E-state index contributed by atoms with van der Waals surface area (Å²) in [6.45, 7) is 1.63. The molecular weight excluding hydrogens is 318 g/mol. The van der Waals surface area contributed by atoms with E-state index < -0.39 is 5.97 Å². The molecule has 0 aliphatic rings. The molecule has 1 amide bonds. The van der Waals surface area contributed by atoms with Crippen LogP contribution in [0.25, 0.3) is 0 Å². The molecule has 120 valence electrons. The Morgan fingerprint density at radius 1 is 1.22 bits per heavy atom. The second-order valence-electron chi connectivity index (χ2n) is 5.00. The van der Waals surface area contributed by atoms with Crippen LogP contribution < -0.4 is 10.1 Å². The van der Waals surface area contributed by atoms with Gasteiger partial charge in [-0.3, -0.25) is 9.59 Å². The van der Waals surface area contributed by atoms with Crippen LogP contribution in [0.1, 0.15) is 18.1 Å². The Morgan fingerprint density at radius 3 is 2.65 bits per heavy atom. The highest BCUT2D eigenvalue weighted by Gasteiger charge is 2.08. The highest BCUT2D eigenvalue weighted by molar-refractivity contribution is 6.31. The van der Waals surface area contributed by atoms with Crippen LogP contribution in [0.4, 0.5) is 5.69 Å². The van der Waals surface area contributed by atoms with Crippen molar-refractivity contribution >= 4 is 29.2 Å². The van der Waals surface area contributed by atoms with Crippen LogP contribution in [0.5, 0.6) is 5.75 Å². The van der Waals surface area contributed by atoms with Gasteiger partial charge in [0.2, 0.25) is 5.91 Å². The van der Waals surface area contributed by atoms with E-state index in [2.05, 4.69) is 5.32 Å². The van der Waals surface area contributed by atoms with Gasteiger partial charge in [0.05, 0.1) is 6.42 Å². The summed E-state index contributed by atoms with van der Waals surface area (Å²) in [6, 6.07) is 12.1. The lowest BCUT2D eigenvalue weighted by atomic mass is 10.1. The Bertz CT molecular complexity index is 730. The van der Waals surface area contributed by atoms with E-state index in [1.54, 1.807) is 42.5 Å². The molecule has 0 saturated heterocycles. The molecule has 0 fully saturated rings. The zero-order valence-electron chi connectivity index (χ0n) is 12.5. The van der Waals surface area contributed by atoms with Crippen LogP contribution >= 0.6 is 11.6 Å². The minimum absolute atomic E-state index is 0.108. The summed E-state index contributed by atoms with van der Waals surface area (Å²) >= 11 is 6.03. The third-order valence-electron chi connectivity index (χ3n) is 2.99. The van der Waals surface area contributed by atoms with Gasteiger partial charge in [0.25, 0.3) is 0 Å². The number of carboxylic acid groups (broad SMARTS) is 1. The number of carboxylic acids is 1. The lowest BCUT2D eigenvalue weighted by Gasteiger charge is -2.12. The van der Waals surface area contributed by atoms with Crippen LogP contribution in [0, 0.1) is 0 Å². The first-order valence-corrected chi connectivity index (χ1v) is 7.31. The zero-order chi connectivity index (χ0) is 16.8. The van der Waals surface area contributed by atoms with Crippen LogP contribution in [-0.4, -0.2) is 17.0 Å². The van der Waals surface area contributed by atoms with Crippen molar-refractivity contribution in [3.8, 4) is 5.75 Å². The number of aliphatic carboxylic acids is 1. The first-order valence-electron chi connectivity index (χ1n) is 6.93. The molecule has 0 radical (unpaired) electrons. The predicted octanol–water partition coefficient (Wildman–Crippen LogP) is 3.50. The number of carbonyl (C=O) groups excluding carboxylic acids is 1. The second kappa shape index (κ2) is 7.65. The summed E-state index contributed by atoms with van der Waals surface area (Å²) in [6.07, 6.45) is -0.108. The topological polar surface area (TPSA) is 75.6 Å².